The number of rotatable bonds is 4. The summed E-state index contributed by atoms with van der Waals surface area (Å²) >= 11 is 0. The third-order valence-corrected chi connectivity index (χ3v) is 4.79. The van der Waals surface area contributed by atoms with E-state index in [-0.39, 0.29) is 0 Å². The van der Waals surface area contributed by atoms with Crippen molar-refractivity contribution in [2.24, 2.45) is 11.8 Å². The molecule has 1 aliphatic rings. The van der Waals surface area contributed by atoms with Gasteiger partial charge < -0.3 is 0 Å². The van der Waals surface area contributed by atoms with Gasteiger partial charge in [-0.05, 0) is 41.7 Å². The number of hydrogen-bond acceptors (Lipinski definition) is 1. The van der Waals surface area contributed by atoms with Crippen LogP contribution < -0.4 is 0 Å². The molecule has 1 aliphatic carbocycles. The second-order valence-corrected chi connectivity index (χ2v) is 6.63. The van der Waals surface area contributed by atoms with Crippen molar-refractivity contribution >= 4 is 0 Å². The second kappa shape index (κ2) is 7.07. The predicted molar refractivity (Wildman–Crippen MR) is 82.4 cm³/mol. The Kier molecular flexibility index (Phi) is 5.42. The summed E-state index contributed by atoms with van der Waals surface area (Å²) < 4.78 is 0. The minimum absolute atomic E-state index is 0.589. The Balaban J connectivity index is 1.95. The second-order valence-electron chi connectivity index (χ2n) is 6.63. The highest BCUT2D eigenvalue weighted by atomic mass is 14.6. The topological polar surface area (TPSA) is 12.9 Å². The van der Waals surface area contributed by atoms with Crippen LogP contribution in [0.1, 0.15) is 76.3 Å². The van der Waals surface area contributed by atoms with E-state index in [2.05, 4.69) is 38.0 Å². The molecule has 0 saturated heterocycles. The first kappa shape index (κ1) is 14.6. The summed E-state index contributed by atoms with van der Waals surface area (Å²) in [6.07, 6.45) is 13.9. The van der Waals surface area contributed by atoms with E-state index in [9.17, 15) is 0 Å². The molecule has 1 saturated carbocycles. The molecule has 0 radical (unpaired) electrons. The van der Waals surface area contributed by atoms with Crippen LogP contribution in [-0.2, 0) is 6.42 Å². The lowest BCUT2D eigenvalue weighted by Gasteiger charge is -2.15. The van der Waals surface area contributed by atoms with Gasteiger partial charge in [-0.1, -0.05) is 58.9 Å². The molecule has 1 fully saturated rings. The van der Waals surface area contributed by atoms with E-state index in [1.807, 2.05) is 6.20 Å². The molecule has 0 aliphatic heterocycles. The van der Waals surface area contributed by atoms with Gasteiger partial charge in [-0.25, -0.2) is 0 Å². The fourth-order valence-electron chi connectivity index (χ4n) is 3.34. The Bertz CT molecular complexity index is 383. The molecule has 0 spiro atoms. The van der Waals surface area contributed by atoms with Crippen LogP contribution in [0.2, 0.25) is 0 Å². The summed E-state index contributed by atoms with van der Waals surface area (Å²) in [6, 6.07) is 2.37. The van der Waals surface area contributed by atoms with Crippen LogP contribution in [-0.4, -0.2) is 4.98 Å². The van der Waals surface area contributed by atoms with E-state index < -0.39 is 0 Å². The lowest BCUT2D eigenvalue weighted by atomic mass is 9.91. The van der Waals surface area contributed by atoms with Gasteiger partial charge in [0, 0.05) is 12.4 Å². The zero-order valence-corrected chi connectivity index (χ0v) is 12.9. The van der Waals surface area contributed by atoms with Gasteiger partial charge in [0.1, 0.15) is 0 Å². The van der Waals surface area contributed by atoms with E-state index >= 15 is 0 Å². The maximum atomic E-state index is 4.43. The Morgan fingerprint density at radius 2 is 1.84 bits per heavy atom. The van der Waals surface area contributed by atoms with E-state index in [0.29, 0.717) is 5.92 Å². The van der Waals surface area contributed by atoms with Crippen molar-refractivity contribution in [1.82, 2.24) is 4.98 Å². The highest BCUT2D eigenvalue weighted by Gasteiger charge is 2.18. The zero-order chi connectivity index (χ0) is 13.7. The smallest absolute Gasteiger partial charge is 0.0302 e. The van der Waals surface area contributed by atoms with Gasteiger partial charge in [-0.2, -0.15) is 0 Å². The van der Waals surface area contributed by atoms with Gasteiger partial charge in [0.15, 0.2) is 0 Å². The van der Waals surface area contributed by atoms with Crippen LogP contribution in [0.15, 0.2) is 18.5 Å². The van der Waals surface area contributed by atoms with E-state index in [1.165, 1.54) is 56.1 Å². The van der Waals surface area contributed by atoms with Crippen molar-refractivity contribution in [3.63, 3.8) is 0 Å². The maximum absolute atomic E-state index is 4.43. The van der Waals surface area contributed by atoms with Gasteiger partial charge in [0.25, 0.3) is 0 Å². The van der Waals surface area contributed by atoms with E-state index in [0.717, 1.165) is 11.8 Å². The van der Waals surface area contributed by atoms with Gasteiger partial charge in [0.05, 0.1) is 0 Å². The van der Waals surface area contributed by atoms with Crippen LogP contribution in [0, 0.1) is 11.8 Å². The van der Waals surface area contributed by atoms with Crippen molar-refractivity contribution in [2.45, 2.75) is 71.6 Å². The number of aromatic nitrogens is 1. The molecular weight excluding hydrogens is 230 g/mol. The van der Waals surface area contributed by atoms with Crippen molar-refractivity contribution in [3.05, 3.63) is 29.6 Å². The molecule has 19 heavy (non-hydrogen) atoms. The lowest BCUT2D eigenvalue weighted by Crippen LogP contribution is -2.05. The van der Waals surface area contributed by atoms with Crippen molar-refractivity contribution < 1.29 is 0 Å². The summed E-state index contributed by atoms with van der Waals surface area (Å²) in [7, 11) is 0. The van der Waals surface area contributed by atoms with Crippen LogP contribution in [0.25, 0.3) is 0 Å². The Labute approximate surface area is 118 Å². The third kappa shape index (κ3) is 4.33. The first-order chi connectivity index (χ1) is 9.19. The SMILES string of the molecule is CCC1CCCC(Cc2cncc(C(C)C)c2)CC1. The fourth-order valence-corrected chi connectivity index (χ4v) is 3.34. The molecule has 106 valence electrons. The average molecular weight is 259 g/mol. The molecule has 0 bridgehead atoms. The van der Waals surface area contributed by atoms with Gasteiger partial charge in [0.2, 0.25) is 0 Å². The Hall–Kier alpha value is -0.850. The van der Waals surface area contributed by atoms with Crippen molar-refractivity contribution in [1.29, 1.82) is 0 Å². The van der Waals surface area contributed by atoms with Crippen molar-refractivity contribution in [2.75, 3.05) is 0 Å². The molecule has 2 atom stereocenters. The summed E-state index contributed by atoms with van der Waals surface area (Å²) in [5, 5.41) is 0. The largest absolute Gasteiger partial charge is 0.264 e. The van der Waals surface area contributed by atoms with Gasteiger partial charge >= 0.3 is 0 Å². The standard InChI is InChI=1S/C18H29N/c1-4-15-6-5-7-16(9-8-15)10-17-11-18(14(2)3)13-19-12-17/h11-16H,4-10H2,1-3H3. The van der Waals surface area contributed by atoms with Gasteiger partial charge in [-0.15, -0.1) is 0 Å². The molecule has 0 amide bonds. The fraction of sp³-hybridized carbons (Fsp3) is 0.722. The average Bonchev–Trinajstić information content (AvgIpc) is 2.64. The van der Waals surface area contributed by atoms with Crippen LogP contribution in [0.5, 0.6) is 0 Å². The first-order valence-electron chi connectivity index (χ1n) is 8.12. The van der Waals surface area contributed by atoms with E-state index in [4.69, 9.17) is 0 Å². The monoisotopic (exact) mass is 259 g/mol. The van der Waals surface area contributed by atoms with Gasteiger partial charge in [-0.3, -0.25) is 4.98 Å². The maximum Gasteiger partial charge on any atom is 0.0302 e. The molecule has 2 rings (SSSR count). The highest BCUT2D eigenvalue weighted by Crippen LogP contribution is 2.31. The minimum atomic E-state index is 0.589. The first-order valence-corrected chi connectivity index (χ1v) is 8.12. The highest BCUT2D eigenvalue weighted by molar-refractivity contribution is 5.21. The molecule has 0 aromatic carbocycles. The number of hydrogen-bond donors (Lipinski definition) is 0. The molecule has 1 aromatic heterocycles. The predicted octanol–water partition coefficient (Wildman–Crippen LogP) is 5.35. The molecule has 1 heteroatoms. The normalized spacial score (nSPS) is 24.4. The minimum Gasteiger partial charge on any atom is -0.264 e. The molecule has 2 unspecified atom stereocenters. The van der Waals surface area contributed by atoms with E-state index in [1.54, 1.807) is 0 Å². The summed E-state index contributed by atoms with van der Waals surface area (Å²) in [4.78, 5) is 4.43. The Morgan fingerprint density at radius 3 is 2.58 bits per heavy atom. The zero-order valence-electron chi connectivity index (χ0n) is 12.9. The summed E-state index contributed by atoms with van der Waals surface area (Å²) in [6.45, 7) is 6.84. The van der Waals surface area contributed by atoms with Crippen LogP contribution in [0.4, 0.5) is 0 Å². The lowest BCUT2D eigenvalue weighted by molar-refractivity contribution is 0.420. The Morgan fingerprint density at radius 1 is 1.11 bits per heavy atom. The quantitative estimate of drug-likeness (QED) is 0.664. The molecule has 1 aromatic rings. The molecular formula is C18H29N. The van der Waals surface area contributed by atoms with Crippen LogP contribution in [0.3, 0.4) is 0 Å². The van der Waals surface area contributed by atoms with Crippen LogP contribution >= 0.6 is 0 Å². The van der Waals surface area contributed by atoms with Crippen molar-refractivity contribution in [3.8, 4) is 0 Å². The number of nitrogens with zero attached hydrogens (tertiary/aromatic N) is 1. The summed E-state index contributed by atoms with van der Waals surface area (Å²) in [5.41, 5.74) is 2.84. The third-order valence-electron chi connectivity index (χ3n) is 4.79. The number of pyridine rings is 1. The summed E-state index contributed by atoms with van der Waals surface area (Å²) in [5.74, 6) is 2.47. The molecule has 0 N–H and O–H groups in total. The molecule has 1 heterocycles. The molecule has 1 nitrogen and oxygen atoms in total.